The maximum Gasteiger partial charge on any atom is 0.102 e. The summed E-state index contributed by atoms with van der Waals surface area (Å²) in [6.07, 6.45) is 6.87. The quantitative estimate of drug-likeness (QED) is 0.851. The van der Waals surface area contributed by atoms with Gasteiger partial charge >= 0.3 is 0 Å². The Morgan fingerprint density at radius 1 is 1.32 bits per heavy atom. The third-order valence-electron chi connectivity index (χ3n) is 3.36. The second kappa shape index (κ2) is 4.87. The third-order valence-corrected chi connectivity index (χ3v) is 4.63. The van der Waals surface area contributed by atoms with Gasteiger partial charge in [0, 0.05) is 17.3 Å². The van der Waals surface area contributed by atoms with Crippen LogP contribution in [0, 0.1) is 11.3 Å². The van der Waals surface area contributed by atoms with Crippen molar-refractivity contribution in [2.24, 2.45) is 5.73 Å². The second-order valence-electron chi connectivity index (χ2n) is 4.55. The Morgan fingerprint density at radius 3 is 2.79 bits per heavy atom. The first-order valence-electron chi connectivity index (χ1n) is 6.22. The number of rotatable bonds is 2. The lowest BCUT2D eigenvalue weighted by atomic mass is 10.1. The van der Waals surface area contributed by atoms with E-state index in [0.717, 1.165) is 23.3 Å². The zero-order valence-electron chi connectivity index (χ0n) is 10.4. The van der Waals surface area contributed by atoms with Crippen LogP contribution in [0.1, 0.15) is 27.3 Å². The molecule has 2 aromatic heterocycles. The molecule has 3 rings (SSSR count). The van der Waals surface area contributed by atoms with Crippen molar-refractivity contribution in [3.05, 3.63) is 51.5 Å². The van der Waals surface area contributed by atoms with Crippen molar-refractivity contribution >= 4 is 22.6 Å². The number of hydrogen-bond acceptors (Lipinski definition) is 4. The lowest BCUT2D eigenvalue weighted by Gasteiger charge is -2.03. The average molecular weight is 267 g/mol. The number of fused-ring (bicyclic) bond motifs is 1. The van der Waals surface area contributed by atoms with Gasteiger partial charge in [-0.3, -0.25) is 4.98 Å². The van der Waals surface area contributed by atoms with E-state index < -0.39 is 0 Å². The maximum atomic E-state index is 9.35. The number of pyridine rings is 1. The van der Waals surface area contributed by atoms with Crippen LogP contribution in [0.5, 0.6) is 0 Å². The zero-order chi connectivity index (χ0) is 13.2. The van der Waals surface area contributed by atoms with Crippen LogP contribution in [-0.2, 0) is 12.8 Å². The summed E-state index contributed by atoms with van der Waals surface area (Å²) in [5.74, 6) is 0. The fraction of sp³-hybridized carbons (Fsp3) is 0.200. The van der Waals surface area contributed by atoms with Gasteiger partial charge in [0.1, 0.15) is 6.07 Å². The van der Waals surface area contributed by atoms with E-state index in [9.17, 15) is 5.26 Å². The number of allylic oxidation sites excluding steroid dienone is 1. The number of nitrogens with two attached hydrogens (primary N) is 1. The lowest BCUT2D eigenvalue weighted by Crippen LogP contribution is -1.99. The molecule has 2 aromatic rings. The largest absolute Gasteiger partial charge is 0.396 e. The second-order valence-corrected chi connectivity index (χ2v) is 5.69. The van der Waals surface area contributed by atoms with Gasteiger partial charge in [-0.05, 0) is 48.6 Å². The minimum Gasteiger partial charge on any atom is -0.396 e. The molecule has 3 nitrogen and oxygen atoms in total. The first-order valence-corrected chi connectivity index (χ1v) is 7.03. The Labute approximate surface area is 116 Å². The average Bonchev–Trinajstić information content (AvgIpc) is 3.01. The molecular formula is C15H13N3S. The van der Waals surface area contributed by atoms with Crippen LogP contribution in [-0.4, -0.2) is 4.98 Å². The molecule has 2 heterocycles. The molecule has 0 saturated heterocycles. The topological polar surface area (TPSA) is 62.7 Å². The van der Waals surface area contributed by atoms with Gasteiger partial charge in [0.2, 0.25) is 0 Å². The van der Waals surface area contributed by atoms with Crippen LogP contribution in [0.4, 0.5) is 0 Å². The number of aromatic nitrogens is 1. The highest BCUT2D eigenvalue weighted by Gasteiger charge is 2.17. The molecule has 0 saturated carbocycles. The molecule has 0 spiro atoms. The lowest BCUT2D eigenvalue weighted by molar-refractivity contribution is 0.914. The fourth-order valence-electron chi connectivity index (χ4n) is 2.38. The number of nitrogens with zero attached hydrogens (tertiary/aromatic N) is 2. The van der Waals surface area contributed by atoms with Crippen LogP contribution in [0.25, 0.3) is 11.3 Å². The fourth-order valence-corrected chi connectivity index (χ4v) is 3.60. The molecule has 0 atom stereocenters. The molecule has 0 amide bonds. The van der Waals surface area contributed by atoms with E-state index in [4.69, 9.17) is 5.73 Å². The smallest absolute Gasteiger partial charge is 0.102 e. The predicted octanol–water partition coefficient (Wildman–Crippen LogP) is 2.98. The third kappa shape index (κ3) is 2.13. The predicted molar refractivity (Wildman–Crippen MR) is 77.2 cm³/mol. The summed E-state index contributed by atoms with van der Waals surface area (Å²) in [5, 5.41) is 9.35. The molecule has 19 heavy (non-hydrogen) atoms. The minimum absolute atomic E-state index is 0.530. The van der Waals surface area contributed by atoms with Gasteiger partial charge in [0.25, 0.3) is 0 Å². The van der Waals surface area contributed by atoms with Gasteiger partial charge in [0.05, 0.1) is 16.1 Å². The number of nitriles is 1. The molecule has 1 aliphatic rings. The summed E-state index contributed by atoms with van der Waals surface area (Å²) in [6.45, 7) is 0. The molecule has 4 heteroatoms. The molecule has 0 unspecified atom stereocenters. The Hall–Kier alpha value is -2.12. The normalized spacial score (nSPS) is 14.7. The monoisotopic (exact) mass is 267 g/mol. The van der Waals surface area contributed by atoms with Crippen LogP contribution >= 0.6 is 11.3 Å². The summed E-state index contributed by atoms with van der Waals surface area (Å²) in [7, 11) is 0. The summed E-state index contributed by atoms with van der Waals surface area (Å²) < 4.78 is 0. The SMILES string of the molecule is N#C/C(=C(/N)c1cc2c(s1)CCC2)c1ccncc1. The van der Waals surface area contributed by atoms with E-state index in [1.54, 1.807) is 23.7 Å². The van der Waals surface area contributed by atoms with Gasteiger partial charge < -0.3 is 5.73 Å². The summed E-state index contributed by atoms with van der Waals surface area (Å²) >= 11 is 1.72. The molecule has 0 aliphatic heterocycles. The Morgan fingerprint density at radius 2 is 2.11 bits per heavy atom. The van der Waals surface area contributed by atoms with E-state index in [0.29, 0.717) is 11.3 Å². The van der Waals surface area contributed by atoms with Gasteiger partial charge in [-0.1, -0.05) is 0 Å². The highest BCUT2D eigenvalue weighted by molar-refractivity contribution is 7.13. The van der Waals surface area contributed by atoms with Crippen molar-refractivity contribution in [3.8, 4) is 6.07 Å². The highest BCUT2D eigenvalue weighted by atomic mass is 32.1. The molecule has 1 aliphatic carbocycles. The van der Waals surface area contributed by atoms with Gasteiger partial charge in [0.15, 0.2) is 0 Å². The highest BCUT2D eigenvalue weighted by Crippen LogP contribution is 2.34. The van der Waals surface area contributed by atoms with Gasteiger partial charge in [-0.15, -0.1) is 11.3 Å². The van der Waals surface area contributed by atoms with Crippen molar-refractivity contribution in [2.75, 3.05) is 0 Å². The van der Waals surface area contributed by atoms with Crippen molar-refractivity contribution in [1.29, 1.82) is 5.26 Å². The Kier molecular flexibility index (Phi) is 3.06. The maximum absolute atomic E-state index is 9.35. The molecule has 0 fully saturated rings. The standard InChI is InChI=1S/C15H13N3S/c16-9-12(10-4-6-18-7-5-10)15(17)14-8-11-2-1-3-13(11)19-14/h4-8H,1-3,17H2/b15-12-. The van der Waals surface area contributed by atoms with E-state index in [1.807, 2.05) is 12.1 Å². The Balaban J connectivity index is 2.06. The van der Waals surface area contributed by atoms with Crippen LogP contribution in [0.2, 0.25) is 0 Å². The molecule has 0 radical (unpaired) electrons. The van der Waals surface area contributed by atoms with E-state index >= 15 is 0 Å². The van der Waals surface area contributed by atoms with Gasteiger partial charge in [-0.2, -0.15) is 5.26 Å². The van der Waals surface area contributed by atoms with E-state index in [2.05, 4.69) is 17.1 Å². The molecular weight excluding hydrogens is 254 g/mol. The zero-order valence-corrected chi connectivity index (χ0v) is 11.2. The van der Waals surface area contributed by atoms with Crippen molar-refractivity contribution in [2.45, 2.75) is 19.3 Å². The summed E-state index contributed by atoms with van der Waals surface area (Å²) in [6, 6.07) is 7.98. The minimum atomic E-state index is 0.530. The first-order chi connectivity index (χ1) is 9.29. The molecule has 94 valence electrons. The van der Waals surface area contributed by atoms with Gasteiger partial charge in [-0.25, -0.2) is 0 Å². The van der Waals surface area contributed by atoms with Crippen LogP contribution in [0.3, 0.4) is 0 Å². The Bertz CT molecular complexity index is 656. The van der Waals surface area contributed by atoms with Crippen LogP contribution < -0.4 is 5.73 Å². The van der Waals surface area contributed by atoms with E-state index in [-0.39, 0.29) is 0 Å². The first kappa shape index (κ1) is 11.9. The summed E-state index contributed by atoms with van der Waals surface area (Å²) in [5.41, 5.74) is 9.52. The number of hydrogen-bond donors (Lipinski definition) is 1. The van der Waals surface area contributed by atoms with E-state index in [1.165, 1.54) is 16.9 Å². The number of thiophene rings is 1. The molecule has 2 N–H and O–H groups in total. The molecule has 0 bridgehead atoms. The van der Waals surface area contributed by atoms with Crippen molar-refractivity contribution in [1.82, 2.24) is 4.98 Å². The van der Waals surface area contributed by atoms with Crippen molar-refractivity contribution < 1.29 is 0 Å². The van der Waals surface area contributed by atoms with Crippen molar-refractivity contribution in [3.63, 3.8) is 0 Å². The molecule has 0 aromatic carbocycles. The summed E-state index contributed by atoms with van der Waals surface area (Å²) in [4.78, 5) is 6.40. The number of aryl methyl sites for hydroxylation is 2. The van der Waals surface area contributed by atoms with Crippen LogP contribution in [0.15, 0.2) is 30.6 Å².